The van der Waals surface area contributed by atoms with E-state index in [4.69, 9.17) is 14.2 Å². The van der Waals surface area contributed by atoms with Gasteiger partial charge < -0.3 is 19.5 Å². The summed E-state index contributed by atoms with van der Waals surface area (Å²) in [5, 5.41) is 2.84. The van der Waals surface area contributed by atoms with Crippen LogP contribution in [0.15, 0.2) is 40.9 Å². The Morgan fingerprint density at radius 2 is 1.78 bits per heavy atom. The van der Waals surface area contributed by atoms with Crippen molar-refractivity contribution >= 4 is 27.8 Å². The number of rotatable bonds is 7. The fraction of sp³-hybridized carbons (Fsp3) is 0.300. The van der Waals surface area contributed by atoms with Crippen LogP contribution in [0.3, 0.4) is 0 Å². The second-order valence-electron chi connectivity index (χ2n) is 6.02. The Morgan fingerprint density at radius 1 is 1.04 bits per heavy atom. The number of halogens is 1. The Kier molecular flexibility index (Phi) is 7.24. The smallest absolute Gasteiger partial charge is 0.341 e. The van der Waals surface area contributed by atoms with Gasteiger partial charge in [0.2, 0.25) is 0 Å². The first kappa shape index (κ1) is 20.8. The van der Waals surface area contributed by atoms with Crippen molar-refractivity contribution in [2.75, 3.05) is 14.2 Å². The third-order valence-electron chi connectivity index (χ3n) is 3.67. The van der Waals surface area contributed by atoms with Crippen LogP contribution in [-0.4, -0.2) is 32.2 Å². The van der Waals surface area contributed by atoms with Crippen molar-refractivity contribution in [3.63, 3.8) is 0 Å². The van der Waals surface area contributed by atoms with Gasteiger partial charge in [0.25, 0.3) is 5.91 Å². The average molecular weight is 436 g/mol. The van der Waals surface area contributed by atoms with E-state index in [1.54, 1.807) is 36.4 Å². The first-order valence-corrected chi connectivity index (χ1v) is 9.14. The van der Waals surface area contributed by atoms with Crippen LogP contribution < -0.4 is 14.8 Å². The topological polar surface area (TPSA) is 73.9 Å². The molecular formula is C20H22BrNO5. The number of hydrogen-bond donors (Lipinski definition) is 1. The summed E-state index contributed by atoms with van der Waals surface area (Å²) in [5.41, 5.74) is 1.49. The molecule has 0 spiro atoms. The van der Waals surface area contributed by atoms with E-state index in [-0.39, 0.29) is 18.6 Å². The summed E-state index contributed by atoms with van der Waals surface area (Å²) in [5.74, 6) is 0.147. The largest absolute Gasteiger partial charge is 0.496 e. The molecule has 0 fully saturated rings. The Bertz CT molecular complexity index is 835. The molecule has 0 unspecified atom stereocenters. The summed E-state index contributed by atoms with van der Waals surface area (Å²) in [7, 11) is 2.78. The van der Waals surface area contributed by atoms with Crippen molar-refractivity contribution in [3.05, 3.63) is 57.6 Å². The van der Waals surface area contributed by atoms with Crippen LogP contribution >= 0.6 is 15.9 Å². The lowest BCUT2D eigenvalue weighted by Crippen LogP contribution is -2.24. The Labute approximate surface area is 166 Å². The van der Waals surface area contributed by atoms with Crippen molar-refractivity contribution in [1.82, 2.24) is 5.32 Å². The molecule has 0 aliphatic heterocycles. The highest BCUT2D eigenvalue weighted by Gasteiger charge is 2.16. The summed E-state index contributed by atoms with van der Waals surface area (Å²) < 4.78 is 16.5. The SMILES string of the molecule is COC(=O)c1cc(CNC(=O)c2ccc(Br)cc2OC(C)C)ccc1OC. The maximum atomic E-state index is 12.6. The number of carbonyl (C=O) groups excluding carboxylic acids is 2. The van der Waals surface area contributed by atoms with Crippen molar-refractivity contribution < 1.29 is 23.8 Å². The second kappa shape index (κ2) is 9.41. The number of benzene rings is 2. The Morgan fingerprint density at radius 3 is 2.41 bits per heavy atom. The predicted octanol–water partition coefficient (Wildman–Crippen LogP) is 3.96. The molecule has 0 aromatic heterocycles. The third-order valence-corrected chi connectivity index (χ3v) is 4.17. The van der Waals surface area contributed by atoms with Gasteiger partial charge >= 0.3 is 5.97 Å². The van der Waals surface area contributed by atoms with Crippen molar-refractivity contribution in [2.24, 2.45) is 0 Å². The lowest BCUT2D eigenvalue weighted by molar-refractivity contribution is 0.0597. The van der Waals surface area contributed by atoms with Crippen LogP contribution in [0, 0.1) is 0 Å². The average Bonchev–Trinajstić information content (AvgIpc) is 2.64. The normalized spacial score (nSPS) is 10.4. The molecule has 2 aromatic carbocycles. The molecule has 1 N–H and O–H groups in total. The zero-order chi connectivity index (χ0) is 20.0. The van der Waals surface area contributed by atoms with Crippen LogP contribution in [0.5, 0.6) is 11.5 Å². The van der Waals surface area contributed by atoms with E-state index in [1.165, 1.54) is 14.2 Å². The Balaban J connectivity index is 2.17. The second-order valence-corrected chi connectivity index (χ2v) is 6.93. The molecule has 0 aliphatic carbocycles. The van der Waals surface area contributed by atoms with Crippen molar-refractivity contribution in [3.8, 4) is 11.5 Å². The van der Waals surface area contributed by atoms with Gasteiger partial charge in [0.15, 0.2) is 0 Å². The summed E-state index contributed by atoms with van der Waals surface area (Å²) in [6, 6.07) is 10.3. The van der Waals surface area contributed by atoms with E-state index in [9.17, 15) is 9.59 Å². The quantitative estimate of drug-likeness (QED) is 0.666. The van der Waals surface area contributed by atoms with E-state index in [0.717, 1.165) is 10.0 Å². The van der Waals surface area contributed by atoms with Crippen LogP contribution in [0.2, 0.25) is 0 Å². The number of esters is 1. The number of nitrogens with one attached hydrogen (secondary N) is 1. The number of ether oxygens (including phenoxy) is 3. The van der Waals surface area contributed by atoms with Gasteiger partial charge in [-0.15, -0.1) is 0 Å². The molecule has 0 heterocycles. The molecule has 7 heteroatoms. The van der Waals surface area contributed by atoms with Crippen LogP contribution in [0.25, 0.3) is 0 Å². The molecule has 0 bridgehead atoms. The molecule has 27 heavy (non-hydrogen) atoms. The van der Waals surface area contributed by atoms with E-state index in [1.807, 2.05) is 13.8 Å². The molecule has 1 amide bonds. The lowest BCUT2D eigenvalue weighted by Gasteiger charge is -2.15. The summed E-state index contributed by atoms with van der Waals surface area (Å²) in [4.78, 5) is 24.5. The van der Waals surface area contributed by atoms with E-state index < -0.39 is 5.97 Å². The van der Waals surface area contributed by atoms with E-state index in [2.05, 4.69) is 21.2 Å². The molecule has 0 atom stereocenters. The lowest BCUT2D eigenvalue weighted by atomic mass is 10.1. The highest BCUT2D eigenvalue weighted by atomic mass is 79.9. The Hall–Kier alpha value is -2.54. The molecule has 0 saturated carbocycles. The van der Waals surface area contributed by atoms with Crippen molar-refractivity contribution in [1.29, 1.82) is 0 Å². The van der Waals surface area contributed by atoms with E-state index >= 15 is 0 Å². The number of methoxy groups -OCH3 is 2. The fourth-order valence-corrected chi connectivity index (χ4v) is 2.79. The molecule has 2 rings (SSSR count). The number of carbonyl (C=O) groups is 2. The minimum absolute atomic E-state index is 0.0601. The molecule has 0 aliphatic rings. The first-order chi connectivity index (χ1) is 12.8. The van der Waals surface area contributed by atoms with Gasteiger partial charge in [-0.05, 0) is 49.7 Å². The van der Waals surface area contributed by atoms with Gasteiger partial charge in [-0.2, -0.15) is 0 Å². The predicted molar refractivity (Wildman–Crippen MR) is 105 cm³/mol. The summed E-state index contributed by atoms with van der Waals surface area (Å²) in [6.07, 6.45) is -0.0601. The summed E-state index contributed by atoms with van der Waals surface area (Å²) in [6.45, 7) is 4.03. The van der Waals surface area contributed by atoms with Gasteiger partial charge in [0.05, 0.1) is 25.9 Å². The van der Waals surface area contributed by atoms with Gasteiger partial charge in [-0.25, -0.2) is 4.79 Å². The molecule has 6 nitrogen and oxygen atoms in total. The molecular weight excluding hydrogens is 414 g/mol. The minimum atomic E-state index is -0.499. The first-order valence-electron chi connectivity index (χ1n) is 8.35. The van der Waals surface area contributed by atoms with Crippen LogP contribution in [0.1, 0.15) is 40.1 Å². The zero-order valence-electron chi connectivity index (χ0n) is 15.7. The van der Waals surface area contributed by atoms with Crippen LogP contribution in [-0.2, 0) is 11.3 Å². The molecule has 2 aromatic rings. The monoisotopic (exact) mass is 435 g/mol. The highest BCUT2D eigenvalue weighted by Crippen LogP contribution is 2.25. The van der Waals surface area contributed by atoms with Gasteiger partial charge in [-0.3, -0.25) is 4.79 Å². The summed E-state index contributed by atoms with van der Waals surface area (Å²) >= 11 is 3.39. The maximum absolute atomic E-state index is 12.6. The molecule has 0 saturated heterocycles. The molecule has 0 radical (unpaired) electrons. The fourth-order valence-electron chi connectivity index (χ4n) is 2.45. The molecule has 144 valence electrons. The highest BCUT2D eigenvalue weighted by molar-refractivity contribution is 9.10. The number of amides is 1. The van der Waals surface area contributed by atoms with Gasteiger partial charge in [-0.1, -0.05) is 22.0 Å². The third kappa shape index (κ3) is 5.47. The van der Waals surface area contributed by atoms with Crippen LogP contribution in [0.4, 0.5) is 0 Å². The van der Waals surface area contributed by atoms with Gasteiger partial charge in [0, 0.05) is 11.0 Å². The van der Waals surface area contributed by atoms with Gasteiger partial charge in [0.1, 0.15) is 17.1 Å². The maximum Gasteiger partial charge on any atom is 0.341 e. The van der Waals surface area contributed by atoms with Crippen molar-refractivity contribution in [2.45, 2.75) is 26.5 Å². The zero-order valence-corrected chi connectivity index (χ0v) is 17.3. The van der Waals surface area contributed by atoms with E-state index in [0.29, 0.717) is 22.6 Å². The number of hydrogen-bond acceptors (Lipinski definition) is 5. The minimum Gasteiger partial charge on any atom is -0.496 e. The standard InChI is InChI=1S/C20H22BrNO5/c1-12(2)27-18-10-14(21)6-7-15(18)19(23)22-11-13-5-8-17(25-3)16(9-13)20(24)26-4/h5-10,12H,11H2,1-4H3,(H,22,23).